The first-order chi connectivity index (χ1) is 11.6. The largest absolute Gasteiger partial charge is 0.508 e. The molecule has 4 nitrogen and oxygen atoms in total. The Morgan fingerprint density at radius 3 is 2.92 bits per heavy atom. The lowest BCUT2D eigenvalue weighted by Gasteiger charge is -2.27. The van der Waals surface area contributed by atoms with Gasteiger partial charge in [0.1, 0.15) is 5.75 Å². The summed E-state index contributed by atoms with van der Waals surface area (Å²) in [6.07, 6.45) is 2.88. The van der Waals surface area contributed by atoms with E-state index in [1.807, 2.05) is 17.0 Å². The van der Waals surface area contributed by atoms with E-state index in [1.54, 1.807) is 23.5 Å². The summed E-state index contributed by atoms with van der Waals surface area (Å²) in [5, 5.41) is 14.8. The zero-order valence-electron chi connectivity index (χ0n) is 14.0. The lowest BCUT2D eigenvalue weighted by atomic mass is 10.1. The van der Waals surface area contributed by atoms with Crippen molar-refractivity contribution in [3.8, 4) is 5.75 Å². The van der Waals surface area contributed by atoms with E-state index in [2.05, 4.69) is 23.7 Å². The SMILES string of the molecule is C[C@@H](CCc1ccc(O)cc1)NCC(=O)N1CCc2sccc2C1. The summed E-state index contributed by atoms with van der Waals surface area (Å²) in [5.74, 6) is 0.481. The van der Waals surface area contributed by atoms with Gasteiger partial charge in [-0.1, -0.05) is 12.1 Å². The molecule has 1 atom stereocenters. The summed E-state index contributed by atoms with van der Waals surface area (Å²) < 4.78 is 0. The molecule has 0 radical (unpaired) electrons. The molecule has 2 heterocycles. The van der Waals surface area contributed by atoms with Crippen LogP contribution in [0, 0.1) is 0 Å². The normalized spacial score (nSPS) is 15.1. The van der Waals surface area contributed by atoms with Gasteiger partial charge in [0.2, 0.25) is 5.91 Å². The Balaban J connectivity index is 1.40. The number of carbonyl (C=O) groups is 1. The molecular formula is C19H24N2O2S. The highest BCUT2D eigenvalue weighted by molar-refractivity contribution is 7.10. The molecule has 1 amide bonds. The topological polar surface area (TPSA) is 52.6 Å². The second kappa shape index (κ2) is 7.81. The second-order valence-corrected chi connectivity index (χ2v) is 7.42. The van der Waals surface area contributed by atoms with E-state index in [0.717, 1.165) is 32.4 Å². The van der Waals surface area contributed by atoms with E-state index in [4.69, 9.17) is 0 Å². The first-order valence-corrected chi connectivity index (χ1v) is 9.34. The highest BCUT2D eigenvalue weighted by atomic mass is 32.1. The summed E-state index contributed by atoms with van der Waals surface area (Å²) in [5.41, 5.74) is 2.51. The Bertz CT molecular complexity index is 681. The number of rotatable bonds is 6. The first kappa shape index (κ1) is 17.0. The maximum absolute atomic E-state index is 12.4. The van der Waals surface area contributed by atoms with Crippen LogP contribution >= 0.6 is 11.3 Å². The van der Waals surface area contributed by atoms with E-state index in [9.17, 15) is 9.90 Å². The molecule has 24 heavy (non-hydrogen) atoms. The van der Waals surface area contributed by atoms with Crippen molar-refractivity contribution in [1.29, 1.82) is 0 Å². The van der Waals surface area contributed by atoms with E-state index >= 15 is 0 Å². The zero-order valence-corrected chi connectivity index (χ0v) is 14.8. The van der Waals surface area contributed by atoms with Crippen molar-refractivity contribution < 1.29 is 9.90 Å². The molecule has 1 aliphatic rings. The van der Waals surface area contributed by atoms with Gasteiger partial charge in [-0.3, -0.25) is 4.79 Å². The fourth-order valence-corrected chi connectivity index (χ4v) is 3.87. The lowest BCUT2D eigenvalue weighted by molar-refractivity contribution is -0.131. The number of aromatic hydroxyl groups is 1. The molecule has 0 saturated carbocycles. The minimum Gasteiger partial charge on any atom is -0.508 e. The number of fused-ring (bicyclic) bond motifs is 1. The summed E-state index contributed by atoms with van der Waals surface area (Å²) in [6, 6.07) is 9.73. The summed E-state index contributed by atoms with van der Waals surface area (Å²) >= 11 is 1.79. The predicted molar refractivity (Wildman–Crippen MR) is 97.3 cm³/mol. The van der Waals surface area contributed by atoms with E-state index in [-0.39, 0.29) is 11.9 Å². The van der Waals surface area contributed by atoms with Gasteiger partial charge < -0.3 is 15.3 Å². The molecular weight excluding hydrogens is 320 g/mol. The summed E-state index contributed by atoms with van der Waals surface area (Å²) in [4.78, 5) is 15.8. The summed E-state index contributed by atoms with van der Waals surface area (Å²) in [6.45, 7) is 4.09. The number of benzene rings is 1. The number of hydrogen-bond donors (Lipinski definition) is 2. The van der Waals surface area contributed by atoms with Crippen molar-refractivity contribution in [2.24, 2.45) is 0 Å². The van der Waals surface area contributed by atoms with Crippen molar-refractivity contribution in [2.75, 3.05) is 13.1 Å². The van der Waals surface area contributed by atoms with E-state index in [0.29, 0.717) is 12.3 Å². The molecule has 1 aromatic carbocycles. The molecule has 128 valence electrons. The van der Waals surface area contributed by atoms with Crippen LogP contribution in [0.2, 0.25) is 0 Å². The number of aryl methyl sites for hydroxylation is 1. The molecule has 0 saturated heterocycles. The first-order valence-electron chi connectivity index (χ1n) is 8.46. The van der Waals surface area contributed by atoms with Gasteiger partial charge in [-0.15, -0.1) is 11.3 Å². The number of hydrogen-bond acceptors (Lipinski definition) is 4. The summed E-state index contributed by atoms with van der Waals surface area (Å²) in [7, 11) is 0. The standard InChI is InChI=1S/C19H24N2O2S/c1-14(2-3-15-4-6-17(22)7-5-15)20-12-19(23)21-10-8-18-16(13-21)9-11-24-18/h4-7,9,11,14,20,22H,2-3,8,10,12-13H2,1H3/t14-/m0/s1. The Morgan fingerprint density at radius 2 is 2.12 bits per heavy atom. The van der Waals surface area contributed by atoms with Gasteiger partial charge in [0.25, 0.3) is 0 Å². The molecule has 2 aromatic rings. The van der Waals surface area contributed by atoms with Gasteiger partial charge in [-0.2, -0.15) is 0 Å². The maximum Gasteiger partial charge on any atom is 0.236 e. The molecule has 1 aliphatic heterocycles. The van der Waals surface area contributed by atoms with Gasteiger partial charge in [0.05, 0.1) is 6.54 Å². The van der Waals surface area contributed by atoms with Crippen molar-refractivity contribution in [3.63, 3.8) is 0 Å². The van der Waals surface area contributed by atoms with Crippen LogP contribution in [0.3, 0.4) is 0 Å². The van der Waals surface area contributed by atoms with Gasteiger partial charge in [0, 0.05) is 24.0 Å². The number of amides is 1. The molecule has 0 aliphatic carbocycles. The Labute approximate surface area is 147 Å². The molecule has 0 bridgehead atoms. The number of phenols is 1. The minimum absolute atomic E-state index is 0.184. The van der Waals surface area contributed by atoms with Gasteiger partial charge in [-0.05, 0) is 60.9 Å². The van der Waals surface area contributed by atoms with Gasteiger partial charge in [-0.25, -0.2) is 0 Å². The lowest BCUT2D eigenvalue weighted by Crippen LogP contribution is -2.42. The smallest absolute Gasteiger partial charge is 0.236 e. The van der Waals surface area contributed by atoms with E-state index < -0.39 is 0 Å². The highest BCUT2D eigenvalue weighted by Crippen LogP contribution is 2.23. The predicted octanol–water partition coefficient (Wildman–Crippen LogP) is 2.95. The number of phenolic OH excluding ortho intramolecular Hbond substituents is 1. The Kier molecular flexibility index (Phi) is 5.53. The van der Waals surface area contributed by atoms with Crippen LogP contribution in [-0.2, 0) is 24.2 Å². The average molecular weight is 344 g/mol. The highest BCUT2D eigenvalue weighted by Gasteiger charge is 2.21. The van der Waals surface area contributed by atoms with E-state index in [1.165, 1.54) is 16.0 Å². The molecule has 0 fully saturated rings. The molecule has 5 heteroatoms. The van der Waals surface area contributed by atoms with Crippen molar-refractivity contribution >= 4 is 17.2 Å². The van der Waals surface area contributed by atoms with Crippen LogP contribution in [0.15, 0.2) is 35.7 Å². The third kappa shape index (κ3) is 4.36. The fraction of sp³-hybridized carbons (Fsp3) is 0.421. The van der Waals surface area contributed by atoms with Crippen molar-refractivity contribution in [1.82, 2.24) is 10.2 Å². The number of nitrogens with zero attached hydrogens (tertiary/aromatic N) is 1. The third-order valence-corrected chi connectivity index (χ3v) is 5.59. The number of carbonyl (C=O) groups excluding carboxylic acids is 1. The second-order valence-electron chi connectivity index (χ2n) is 6.42. The van der Waals surface area contributed by atoms with Crippen molar-refractivity contribution in [2.45, 2.75) is 38.8 Å². The van der Waals surface area contributed by atoms with Crippen LogP contribution in [0.5, 0.6) is 5.75 Å². The van der Waals surface area contributed by atoms with Gasteiger partial charge in [0.15, 0.2) is 0 Å². The Hall–Kier alpha value is -1.85. The maximum atomic E-state index is 12.4. The third-order valence-electron chi connectivity index (χ3n) is 4.56. The molecule has 3 rings (SSSR count). The number of thiophene rings is 1. The molecule has 2 N–H and O–H groups in total. The monoisotopic (exact) mass is 344 g/mol. The minimum atomic E-state index is 0.184. The van der Waals surface area contributed by atoms with Crippen molar-refractivity contribution in [3.05, 3.63) is 51.7 Å². The molecule has 0 unspecified atom stereocenters. The van der Waals surface area contributed by atoms with Crippen LogP contribution in [-0.4, -0.2) is 35.0 Å². The van der Waals surface area contributed by atoms with Crippen LogP contribution in [0.1, 0.15) is 29.3 Å². The Morgan fingerprint density at radius 1 is 1.33 bits per heavy atom. The van der Waals surface area contributed by atoms with Gasteiger partial charge >= 0.3 is 0 Å². The quantitative estimate of drug-likeness (QED) is 0.847. The van der Waals surface area contributed by atoms with Crippen LogP contribution < -0.4 is 5.32 Å². The molecule has 1 aromatic heterocycles. The fourth-order valence-electron chi connectivity index (χ4n) is 2.98. The molecule has 0 spiro atoms. The average Bonchev–Trinajstić information content (AvgIpc) is 3.06. The number of nitrogens with one attached hydrogen (secondary N) is 1. The zero-order chi connectivity index (χ0) is 16.9. The van der Waals surface area contributed by atoms with Crippen LogP contribution in [0.25, 0.3) is 0 Å². The van der Waals surface area contributed by atoms with Crippen LogP contribution in [0.4, 0.5) is 0 Å².